The van der Waals surface area contributed by atoms with Gasteiger partial charge in [-0.25, -0.2) is 14.1 Å². The van der Waals surface area contributed by atoms with Gasteiger partial charge in [-0.1, -0.05) is 13.8 Å². The van der Waals surface area contributed by atoms with Crippen LogP contribution in [0.1, 0.15) is 35.8 Å². The quantitative estimate of drug-likeness (QED) is 0.544. The van der Waals surface area contributed by atoms with Crippen LogP contribution in [0.3, 0.4) is 0 Å². The third kappa shape index (κ3) is 3.80. The molecule has 0 unspecified atom stereocenters. The lowest BCUT2D eigenvalue weighted by Crippen LogP contribution is -2.15. The predicted octanol–water partition coefficient (Wildman–Crippen LogP) is 4.57. The van der Waals surface area contributed by atoms with Gasteiger partial charge < -0.3 is 9.88 Å². The first-order valence-electron chi connectivity index (χ1n) is 9.26. The van der Waals surface area contributed by atoms with E-state index in [1.165, 1.54) is 12.1 Å². The molecule has 6 nitrogen and oxygen atoms in total. The minimum Gasteiger partial charge on any atom is -0.322 e. The molecule has 0 radical (unpaired) electrons. The topological polar surface area (TPSA) is 64.7 Å². The molecular weight excluding hydrogens is 369 g/mol. The first-order chi connectivity index (χ1) is 14.0. The molecule has 1 N–H and O–H groups in total. The summed E-state index contributed by atoms with van der Waals surface area (Å²) in [6.45, 7) is 3.99. The van der Waals surface area contributed by atoms with E-state index in [1.807, 2.05) is 48.9 Å². The van der Waals surface area contributed by atoms with Crippen LogP contribution in [-0.4, -0.2) is 25.2 Å². The van der Waals surface area contributed by atoms with Gasteiger partial charge in [0.1, 0.15) is 5.82 Å². The second-order valence-corrected chi connectivity index (χ2v) is 6.96. The Hall–Kier alpha value is -3.74. The second-order valence-electron chi connectivity index (χ2n) is 6.96. The highest BCUT2D eigenvalue weighted by Crippen LogP contribution is 2.24. The SMILES string of the molecule is CC(C)c1c(C(=O)Nc2ccc(-n3ccnc3)cc2)cnn1-c1ccc(F)cc1. The van der Waals surface area contributed by atoms with Gasteiger partial charge in [0.15, 0.2) is 0 Å². The Morgan fingerprint density at radius 1 is 1.03 bits per heavy atom. The van der Waals surface area contributed by atoms with Gasteiger partial charge in [0.25, 0.3) is 5.91 Å². The first kappa shape index (κ1) is 18.6. The fourth-order valence-electron chi connectivity index (χ4n) is 3.20. The normalized spacial score (nSPS) is 11.0. The average molecular weight is 389 g/mol. The molecule has 0 bridgehead atoms. The number of aromatic nitrogens is 4. The summed E-state index contributed by atoms with van der Waals surface area (Å²) in [6, 6.07) is 13.5. The number of anilines is 1. The van der Waals surface area contributed by atoms with E-state index in [1.54, 1.807) is 35.5 Å². The summed E-state index contributed by atoms with van der Waals surface area (Å²) in [5.41, 5.74) is 3.60. The van der Waals surface area contributed by atoms with Crippen LogP contribution in [-0.2, 0) is 0 Å². The number of hydrogen-bond donors (Lipinski definition) is 1. The molecule has 29 heavy (non-hydrogen) atoms. The van der Waals surface area contributed by atoms with Gasteiger partial charge in [-0.05, 0) is 54.4 Å². The maximum absolute atomic E-state index is 13.3. The van der Waals surface area contributed by atoms with Crippen molar-refractivity contribution in [1.29, 1.82) is 0 Å². The second kappa shape index (κ2) is 7.71. The van der Waals surface area contributed by atoms with Crippen molar-refractivity contribution >= 4 is 11.6 Å². The average Bonchev–Trinajstić information content (AvgIpc) is 3.39. The molecule has 1 amide bonds. The van der Waals surface area contributed by atoms with E-state index < -0.39 is 0 Å². The molecule has 0 aliphatic rings. The number of carbonyl (C=O) groups is 1. The summed E-state index contributed by atoms with van der Waals surface area (Å²) >= 11 is 0. The van der Waals surface area contributed by atoms with Gasteiger partial charge in [-0.2, -0.15) is 5.10 Å². The van der Waals surface area contributed by atoms with Crippen molar-refractivity contribution in [1.82, 2.24) is 19.3 Å². The van der Waals surface area contributed by atoms with Crippen LogP contribution >= 0.6 is 0 Å². The van der Waals surface area contributed by atoms with E-state index in [4.69, 9.17) is 0 Å². The summed E-state index contributed by atoms with van der Waals surface area (Å²) in [6.07, 6.45) is 6.83. The number of imidazole rings is 1. The van der Waals surface area contributed by atoms with Crippen LogP contribution in [0.2, 0.25) is 0 Å². The third-order valence-corrected chi connectivity index (χ3v) is 4.60. The molecule has 0 saturated carbocycles. The molecule has 0 atom stereocenters. The lowest BCUT2D eigenvalue weighted by atomic mass is 10.0. The van der Waals surface area contributed by atoms with Crippen molar-refractivity contribution < 1.29 is 9.18 Å². The highest BCUT2D eigenvalue weighted by Gasteiger charge is 2.21. The number of nitrogens with one attached hydrogen (secondary N) is 1. The maximum Gasteiger partial charge on any atom is 0.259 e. The number of carbonyl (C=O) groups excluding carboxylic acids is 1. The minimum atomic E-state index is -0.316. The highest BCUT2D eigenvalue weighted by molar-refractivity contribution is 6.05. The van der Waals surface area contributed by atoms with Crippen LogP contribution in [0.4, 0.5) is 10.1 Å². The van der Waals surface area contributed by atoms with Crippen LogP contribution in [0, 0.1) is 5.82 Å². The van der Waals surface area contributed by atoms with Gasteiger partial charge >= 0.3 is 0 Å². The molecule has 0 aliphatic carbocycles. The fourth-order valence-corrected chi connectivity index (χ4v) is 3.20. The standard InChI is InChI=1S/C22H20FN5O/c1-15(2)21-20(13-25-28(21)19-7-3-16(23)4-8-19)22(29)26-17-5-9-18(10-6-17)27-12-11-24-14-27/h3-15H,1-2H3,(H,26,29). The van der Waals surface area contributed by atoms with Gasteiger partial charge in [-0.15, -0.1) is 0 Å². The van der Waals surface area contributed by atoms with Crippen molar-refractivity contribution in [2.45, 2.75) is 19.8 Å². The number of halogens is 1. The molecule has 2 aromatic heterocycles. The van der Waals surface area contributed by atoms with Gasteiger partial charge in [-0.3, -0.25) is 4.79 Å². The third-order valence-electron chi connectivity index (χ3n) is 4.60. The molecule has 4 rings (SSSR count). The van der Waals surface area contributed by atoms with Crippen LogP contribution in [0.15, 0.2) is 73.4 Å². The predicted molar refractivity (Wildman–Crippen MR) is 109 cm³/mol. The summed E-state index contributed by atoms with van der Waals surface area (Å²) in [7, 11) is 0. The number of hydrogen-bond acceptors (Lipinski definition) is 3. The smallest absolute Gasteiger partial charge is 0.259 e. The van der Waals surface area contributed by atoms with Crippen molar-refractivity contribution in [2.24, 2.45) is 0 Å². The molecule has 0 fully saturated rings. The highest BCUT2D eigenvalue weighted by atomic mass is 19.1. The number of nitrogens with zero attached hydrogens (tertiary/aromatic N) is 4. The summed E-state index contributed by atoms with van der Waals surface area (Å²) in [4.78, 5) is 16.9. The van der Waals surface area contributed by atoms with E-state index in [9.17, 15) is 9.18 Å². The Labute approximate surface area is 167 Å². The van der Waals surface area contributed by atoms with Crippen molar-refractivity contribution in [3.05, 3.63) is 90.5 Å². The Kier molecular flexibility index (Phi) is 4.95. The van der Waals surface area contributed by atoms with Crippen molar-refractivity contribution in [3.8, 4) is 11.4 Å². The zero-order valence-corrected chi connectivity index (χ0v) is 16.1. The zero-order valence-electron chi connectivity index (χ0n) is 16.1. The molecular formula is C22H20FN5O. The monoisotopic (exact) mass is 389 g/mol. The number of rotatable bonds is 5. The molecule has 146 valence electrons. The molecule has 0 saturated heterocycles. The first-order valence-corrected chi connectivity index (χ1v) is 9.26. The summed E-state index contributed by atoms with van der Waals surface area (Å²) < 4.78 is 16.8. The van der Waals surface area contributed by atoms with E-state index in [-0.39, 0.29) is 17.6 Å². The Morgan fingerprint density at radius 2 is 1.72 bits per heavy atom. The van der Waals surface area contributed by atoms with E-state index in [0.717, 1.165) is 11.4 Å². The van der Waals surface area contributed by atoms with Crippen molar-refractivity contribution in [2.75, 3.05) is 5.32 Å². The molecule has 2 aromatic carbocycles. The molecule has 4 aromatic rings. The number of amides is 1. The minimum absolute atomic E-state index is 0.0481. The molecule has 0 spiro atoms. The lowest BCUT2D eigenvalue weighted by Gasteiger charge is -2.13. The van der Waals surface area contributed by atoms with Crippen LogP contribution in [0.25, 0.3) is 11.4 Å². The Morgan fingerprint density at radius 3 is 2.34 bits per heavy atom. The van der Waals surface area contributed by atoms with E-state index in [0.29, 0.717) is 16.9 Å². The van der Waals surface area contributed by atoms with Crippen LogP contribution in [0.5, 0.6) is 0 Å². The molecule has 7 heteroatoms. The van der Waals surface area contributed by atoms with Gasteiger partial charge in [0.05, 0.1) is 29.5 Å². The molecule has 2 heterocycles. The Bertz CT molecular complexity index is 1110. The van der Waals surface area contributed by atoms with Crippen LogP contribution < -0.4 is 5.32 Å². The largest absolute Gasteiger partial charge is 0.322 e. The fraction of sp³-hybridized carbons (Fsp3) is 0.136. The van der Waals surface area contributed by atoms with E-state index in [2.05, 4.69) is 15.4 Å². The van der Waals surface area contributed by atoms with Crippen molar-refractivity contribution in [3.63, 3.8) is 0 Å². The summed E-state index contributed by atoms with van der Waals surface area (Å²) in [5.74, 6) is -0.506. The number of benzene rings is 2. The van der Waals surface area contributed by atoms with Gasteiger partial charge in [0, 0.05) is 23.8 Å². The van der Waals surface area contributed by atoms with E-state index >= 15 is 0 Å². The summed E-state index contributed by atoms with van der Waals surface area (Å²) in [5, 5.41) is 7.29. The van der Waals surface area contributed by atoms with Gasteiger partial charge in [0.2, 0.25) is 0 Å². The Balaban J connectivity index is 1.59. The maximum atomic E-state index is 13.3. The zero-order chi connectivity index (χ0) is 20.4. The molecule has 0 aliphatic heterocycles. The lowest BCUT2D eigenvalue weighted by molar-refractivity contribution is 0.102.